The molecule has 2 rings (SSSR count). The van der Waals surface area contributed by atoms with Gasteiger partial charge in [0.25, 0.3) is 5.56 Å². The van der Waals surface area contributed by atoms with E-state index in [-0.39, 0.29) is 5.91 Å². The Kier molecular flexibility index (Phi) is 4.76. The van der Waals surface area contributed by atoms with Gasteiger partial charge in [0, 0.05) is 45.4 Å². The van der Waals surface area contributed by atoms with Crippen molar-refractivity contribution in [2.45, 2.75) is 19.6 Å². The maximum absolute atomic E-state index is 12.7. The lowest BCUT2D eigenvalue weighted by Crippen LogP contribution is -2.51. The number of alkyl halides is 3. The molecule has 0 bridgehead atoms. The highest BCUT2D eigenvalue weighted by molar-refractivity contribution is 5.77. The van der Waals surface area contributed by atoms with Crippen molar-refractivity contribution >= 4 is 11.8 Å². The first kappa shape index (κ1) is 17.0. The summed E-state index contributed by atoms with van der Waals surface area (Å²) in [5.41, 5.74) is -1.65. The molecule has 0 saturated carbocycles. The lowest BCUT2D eigenvalue weighted by Gasteiger charge is -2.34. The summed E-state index contributed by atoms with van der Waals surface area (Å²) < 4.78 is 38.7. The van der Waals surface area contributed by atoms with Crippen molar-refractivity contribution in [3.63, 3.8) is 0 Å². The second-order valence-electron chi connectivity index (χ2n) is 5.27. The molecular weight excluding hydrogens is 315 g/mol. The lowest BCUT2D eigenvalue weighted by molar-refractivity contribution is -0.140. The van der Waals surface area contributed by atoms with Gasteiger partial charge in [0.05, 0.1) is 5.56 Å². The van der Waals surface area contributed by atoms with E-state index in [0.29, 0.717) is 38.4 Å². The summed E-state index contributed by atoms with van der Waals surface area (Å²) in [5, 5.41) is 0. The van der Waals surface area contributed by atoms with Gasteiger partial charge in [-0.15, -0.1) is 0 Å². The fraction of sp³-hybridized carbons (Fsp3) is 0.500. The normalized spacial score (nSPS) is 15.7. The number of hydrogen-bond acceptors (Lipinski definition) is 3. The van der Waals surface area contributed by atoms with Crippen LogP contribution in [0, 0.1) is 0 Å². The minimum atomic E-state index is -4.58. The smallest absolute Gasteiger partial charge is 0.339 e. The molecule has 0 atom stereocenters. The molecule has 0 spiro atoms. The molecule has 1 aliphatic rings. The van der Waals surface area contributed by atoms with Crippen LogP contribution in [-0.2, 0) is 22.3 Å². The number of amides is 2. The third-order valence-electron chi connectivity index (χ3n) is 3.69. The molecule has 126 valence electrons. The molecule has 1 fully saturated rings. The van der Waals surface area contributed by atoms with Crippen molar-refractivity contribution in [2.75, 3.05) is 26.2 Å². The largest absolute Gasteiger partial charge is 0.417 e. The van der Waals surface area contributed by atoms with Crippen LogP contribution < -0.4 is 5.56 Å². The lowest BCUT2D eigenvalue weighted by atomic mass is 10.2. The van der Waals surface area contributed by atoms with Gasteiger partial charge in [-0.1, -0.05) is 0 Å². The minimum absolute atomic E-state index is 0.0915. The van der Waals surface area contributed by atoms with E-state index in [4.69, 9.17) is 0 Å². The number of hydrogen-bond donors (Lipinski definition) is 0. The topological polar surface area (TPSA) is 62.6 Å². The van der Waals surface area contributed by atoms with E-state index in [1.54, 1.807) is 4.90 Å². The number of rotatable bonds is 2. The Balaban J connectivity index is 2.06. The third kappa shape index (κ3) is 4.11. The van der Waals surface area contributed by atoms with E-state index in [1.807, 2.05) is 0 Å². The first-order valence-corrected chi connectivity index (χ1v) is 6.99. The molecule has 0 aliphatic carbocycles. The van der Waals surface area contributed by atoms with Crippen LogP contribution in [0.2, 0.25) is 0 Å². The molecule has 1 saturated heterocycles. The third-order valence-corrected chi connectivity index (χ3v) is 3.69. The molecule has 23 heavy (non-hydrogen) atoms. The molecule has 2 heterocycles. The molecular formula is C14H16F3N3O3. The van der Waals surface area contributed by atoms with E-state index < -0.39 is 29.8 Å². The number of nitrogens with zero attached hydrogens (tertiary/aromatic N) is 3. The number of piperazine rings is 1. The zero-order valence-electron chi connectivity index (χ0n) is 12.5. The van der Waals surface area contributed by atoms with Gasteiger partial charge in [-0.05, 0) is 6.07 Å². The highest BCUT2D eigenvalue weighted by Crippen LogP contribution is 2.28. The molecule has 0 aromatic carbocycles. The number of carbonyl (C=O) groups is 2. The van der Waals surface area contributed by atoms with E-state index in [0.717, 1.165) is 10.6 Å². The maximum Gasteiger partial charge on any atom is 0.417 e. The first-order valence-electron chi connectivity index (χ1n) is 6.99. The Hall–Kier alpha value is -2.32. The maximum atomic E-state index is 12.7. The summed E-state index contributed by atoms with van der Waals surface area (Å²) in [6.45, 7) is 2.32. The van der Waals surface area contributed by atoms with Crippen LogP contribution in [-0.4, -0.2) is 52.4 Å². The Morgan fingerprint density at radius 1 is 1.09 bits per heavy atom. The highest BCUT2D eigenvalue weighted by Gasteiger charge is 2.31. The van der Waals surface area contributed by atoms with Crippen LogP contribution in [0.4, 0.5) is 13.2 Å². The van der Waals surface area contributed by atoms with E-state index in [9.17, 15) is 27.6 Å². The summed E-state index contributed by atoms with van der Waals surface area (Å²) in [5.74, 6) is -0.541. The molecule has 0 N–H and O–H groups in total. The Morgan fingerprint density at radius 2 is 1.65 bits per heavy atom. The van der Waals surface area contributed by atoms with Crippen LogP contribution in [0.1, 0.15) is 12.5 Å². The second kappa shape index (κ2) is 6.43. The van der Waals surface area contributed by atoms with Crippen molar-refractivity contribution in [2.24, 2.45) is 0 Å². The molecule has 2 amide bonds. The van der Waals surface area contributed by atoms with Crippen molar-refractivity contribution < 1.29 is 22.8 Å². The average molecular weight is 331 g/mol. The zero-order valence-corrected chi connectivity index (χ0v) is 12.5. The molecule has 0 radical (unpaired) electrons. The first-order chi connectivity index (χ1) is 10.7. The van der Waals surface area contributed by atoms with Gasteiger partial charge in [-0.3, -0.25) is 14.4 Å². The van der Waals surface area contributed by atoms with Gasteiger partial charge >= 0.3 is 6.18 Å². The van der Waals surface area contributed by atoms with Gasteiger partial charge in [-0.25, -0.2) is 0 Å². The van der Waals surface area contributed by atoms with Crippen molar-refractivity contribution in [1.82, 2.24) is 14.4 Å². The molecule has 1 aromatic heterocycles. The van der Waals surface area contributed by atoms with Crippen LogP contribution in [0.15, 0.2) is 23.1 Å². The highest BCUT2D eigenvalue weighted by atomic mass is 19.4. The van der Waals surface area contributed by atoms with Gasteiger partial charge in [0.15, 0.2) is 0 Å². The number of halogens is 3. The summed E-state index contributed by atoms with van der Waals surface area (Å²) in [4.78, 5) is 38.0. The van der Waals surface area contributed by atoms with Gasteiger partial charge in [0.1, 0.15) is 6.54 Å². The molecule has 0 unspecified atom stereocenters. The van der Waals surface area contributed by atoms with E-state index in [1.165, 1.54) is 11.8 Å². The predicted octanol–water partition coefficient (Wildman–Crippen LogP) is 0.558. The fourth-order valence-electron chi connectivity index (χ4n) is 2.34. The number of carbonyl (C=O) groups excluding carboxylic acids is 2. The average Bonchev–Trinajstić information content (AvgIpc) is 2.48. The van der Waals surface area contributed by atoms with E-state index >= 15 is 0 Å². The quantitative estimate of drug-likeness (QED) is 0.795. The molecule has 9 heteroatoms. The minimum Gasteiger partial charge on any atom is -0.339 e. The van der Waals surface area contributed by atoms with Crippen LogP contribution in [0.5, 0.6) is 0 Å². The fourth-order valence-corrected chi connectivity index (χ4v) is 2.34. The van der Waals surface area contributed by atoms with Gasteiger partial charge in [0.2, 0.25) is 11.8 Å². The van der Waals surface area contributed by atoms with Gasteiger partial charge in [-0.2, -0.15) is 13.2 Å². The van der Waals surface area contributed by atoms with Gasteiger partial charge < -0.3 is 14.4 Å². The van der Waals surface area contributed by atoms with Crippen LogP contribution in [0.3, 0.4) is 0 Å². The zero-order chi connectivity index (χ0) is 17.2. The van der Waals surface area contributed by atoms with Crippen molar-refractivity contribution in [3.05, 3.63) is 34.2 Å². The van der Waals surface area contributed by atoms with Crippen LogP contribution in [0.25, 0.3) is 0 Å². The Morgan fingerprint density at radius 3 is 2.17 bits per heavy atom. The number of pyridine rings is 1. The Bertz CT molecular complexity index is 661. The molecule has 1 aliphatic heterocycles. The predicted molar refractivity (Wildman–Crippen MR) is 74.5 cm³/mol. The monoisotopic (exact) mass is 331 g/mol. The summed E-state index contributed by atoms with van der Waals surface area (Å²) in [7, 11) is 0. The van der Waals surface area contributed by atoms with Crippen LogP contribution >= 0.6 is 0 Å². The SMILES string of the molecule is CC(=O)N1CCN(C(=O)Cn2cc(C(F)(F)F)ccc2=O)CC1. The Labute approximate surface area is 130 Å². The standard InChI is InChI=1S/C14H16F3N3O3/c1-10(21)18-4-6-19(7-5-18)13(23)9-20-8-11(14(15,16)17)2-3-12(20)22/h2-3,8H,4-7,9H2,1H3. The van der Waals surface area contributed by atoms with Crippen molar-refractivity contribution in [3.8, 4) is 0 Å². The summed E-state index contributed by atoms with van der Waals surface area (Å²) in [6.07, 6.45) is -3.93. The summed E-state index contributed by atoms with van der Waals surface area (Å²) >= 11 is 0. The number of aromatic nitrogens is 1. The molecule has 1 aromatic rings. The molecule has 6 nitrogen and oxygen atoms in total. The van der Waals surface area contributed by atoms with E-state index in [2.05, 4.69) is 0 Å². The second-order valence-corrected chi connectivity index (χ2v) is 5.27. The van der Waals surface area contributed by atoms with Crippen molar-refractivity contribution in [1.29, 1.82) is 0 Å². The summed E-state index contributed by atoms with van der Waals surface area (Å²) in [6, 6.07) is 1.48.